The van der Waals surface area contributed by atoms with Crippen LogP contribution in [-0.4, -0.2) is 18.9 Å². The van der Waals surface area contributed by atoms with E-state index in [0.717, 1.165) is 18.7 Å². The highest BCUT2D eigenvalue weighted by Crippen LogP contribution is 2.18. The zero-order chi connectivity index (χ0) is 10.7. The molecule has 2 unspecified atom stereocenters. The summed E-state index contributed by atoms with van der Waals surface area (Å²) in [5.74, 6) is 1.07. The molecular formula is C13H17NO. The zero-order valence-electron chi connectivity index (χ0n) is 9.07. The number of carbonyl (C=O) groups is 1. The first-order chi connectivity index (χ1) is 7.27. The largest absolute Gasteiger partial charge is 0.316 e. The van der Waals surface area contributed by atoms with Gasteiger partial charge in [0, 0.05) is 18.9 Å². The minimum Gasteiger partial charge on any atom is -0.316 e. The van der Waals surface area contributed by atoms with Gasteiger partial charge in [-0.15, -0.1) is 0 Å². The molecule has 2 rings (SSSR count). The minimum absolute atomic E-state index is 0.213. The standard InChI is InChI=1S/C13H17NO/c1-10-8-14-9-12(10)13(15)7-11-5-3-2-4-6-11/h2-6,10,12,14H,7-9H2,1H3. The number of rotatable bonds is 3. The third-order valence-corrected chi connectivity index (χ3v) is 3.15. The Morgan fingerprint density at radius 3 is 2.67 bits per heavy atom. The molecule has 1 aliphatic heterocycles. The number of ketones is 1. The number of benzene rings is 1. The van der Waals surface area contributed by atoms with Crippen molar-refractivity contribution >= 4 is 5.78 Å². The quantitative estimate of drug-likeness (QED) is 0.809. The van der Waals surface area contributed by atoms with Crippen molar-refractivity contribution in [3.63, 3.8) is 0 Å². The highest BCUT2D eigenvalue weighted by molar-refractivity contribution is 5.84. The van der Waals surface area contributed by atoms with E-state index in [1.165, 1.54) is 0 Å². The van der Waals surface area contributed by atoms with Crippen LogP contribution in [0.15, 0.2) is 30.3 Å². The van der Waals surface area contributed by atoms with Crippen molar-refractivity contribution in [2.45, 2.75) is 13.3 Å². The van der Waals surface area contributed by atoms with E-state index in [4.69, 9.17) is 0 Å². The summed E-state index contributed by atoms with van der Waals surface area (Å²) in [6.45, 7) is 3.98. The second kappa shape index (κ2) is 4.58. The van der Waals surface area contributed by atoms with E-state index in [1.54, 1.807) is 0 Å². The van der Waals surface area contributed by atoms with E-state index in [1.807, 2.05) is 30.3 Å². The third-order valence-electron chi connectivity index (χ3n) is 3.15. The van der Waals surface area contributed by atoms with Gasteiger partial charge in [-0.05, 0) is 18.0 Å². The van der Waals surface area contributed by atoms with Crippen molar-refractivity contribution in [3.05, 3.63) is 35.9 Å². The maximum Gasteiger partial charge on any atom is 0.141 e. The molecule has 1 saturated heterocycles. The molecule has 1 fully saturated rings. The van der Waals surface area contributed by atoms with Crippen molar-refractivity contribution < 1.29 is 4.79 Å². The summed E-state index contributed by atoms with van der Waals surface area (Å²) in [4.78, 5) is 12.0. The molecule has 80 valence electrons. The maximum absolute atomic E-state index is 12.0. The normalized spacial score (nSPS) is 25.4. The van der Waals surface area contributed by atoms with Gasteiger partial charge in [0.1, 0.15) is 5.78 Å². The lowest BCUT2D eigenvalue weighted by atomic mass is 9.90. The summed E-state index contributed by atoms with van der Waals surface area (Å²) in [6, 6.07) is 9.99. The fraction of sp³-hybridized carbons (Fsp3) is 0.462. The van der Waals surface area contributed by atoms with Gasteiger partial charge < -0.3 is 5.32 Å². The van der Waals surface area contributed by atoms with Gasteiger partial charge in [0.25, 0.3) is 0 Å². The lowest BCUT2D eigenvalue weighted by Crippen LogP contribution is -2.23. The first-order valence-electron chi connectivity index (χ1n) is 5.54. The Balaban J connectivity index is 1.98. The molecule has 1 heterocycles. The SMILES string of the molecule is CC1CNCC1C(=O)Cc1ccccc1. The fourth-order valence-corrected chi connectivity index (χ4v) is 2.17. The molecule has 0 spiro atoms. The average molecular weight is 203 g/mol. The first-order valence-corrected chi connectivity index (χ1v) is 5.54. The van der Waals surface area contributed by atoms with E-state index in [9.17, 15) is 4.79 Å². The lowest BCUT2D eigenvalue weighted by Gasteiger charge is -2.12. The van der Waals surface area contributed by atoms with E-state index in [2.05, 4.69) is 12.2 Å². The molecule has 0 aromatic heterocycles. The Kier molecular flexibility index (Phi) is 3.17. The number of Topliss-reactive ketones (excluding diaryl/α,β-unsaturated/α-hetero) is 1. The van der Waals surface area contributed by atoms with Crippen LogP contribution in [0.2, 0.25) is 0 Å². The summed E-state index contributed by atoms with van der Waals surface area (Å²) in [5.41, 5.74) is 1.13. The van der Waals surface area contributed by atoms with Gasteiger partial charge in [0.05, 0.1) is 0 Å². The third kappa shape index (κ3) is 2.45. The lowest BCUT2D eigenvalue weighted by molar-refractivity contribution is -0.122. The van der Waals surface area contributed by atoms with Crippen molar-refractivity contribution in [3.8, 4) is 0 Å². The molecule has 1 N–H and O–H groups in total. The highest BCUT2D eigenvalue weighted by Gasteiger charge is 2.28. The van der Waals surface area contributed by atoms with Gasteiger partial charge in [-0.3, -0.25) is 4.79 Å². The molecule has 0 amide bonds. The maximum atomic E-state index is 12.0. The number of nitrogens with one attached hydrogen (secondary N) is 1. The molecule has 0 saturated carbocycles. The van der Waals surface area contributed by atoms with Crippen LogP contribution in [0, 0.1) is 11.8 Å². The minimum atomic E-state index is 0.213. The molecule has 0 radical (unpaired) electrons. The Morgan fingerprint density at radius 2 is 2.07 bits per heavy atom. The summed E-state index contributed by atoms with van der Waals surface area (Å²) < 4.78 is 0. The van der Waals surface area contributed by atoms with Gasteiger partial charge in [-0.2, -0.15) is 0 Å². The van der Waals surface area contributed by atoms with Crippen LogP contribution in [-0.2, 0) is 11.2 Å². The Bertz CT molecular complexity index is 334. The van der Waals surface area contributed by atoms with Gasteiger partial charge in [0.2, 0.25) is 0 Å². The monoisotopic (exact) mass is 203 g/mol. The molecule has 0 bridgehead atoms. The van der Waals surface area contributed by atoms with E-state index < -0.39 is 0 Å². The fourth-order valence-electron chi connectivity index (χ4n) is 2.17. The predicted molar refractivity (Wildman–Crippen MR) is 60.7 cm³/mol. The molecule has 1 aliphatic rings. The second-order valence-corrected chi connectivity index (χ2v) is 4.37. The van der Waals surface area contributed by atoms with Crippen molar-refractivity contribution in [1.82, 2.24) is 5.32 Å². The second-order valence-electron chi connectivity index (χ2n) is 4.37. The van der Waals surface area contributed by atoms with Crippen LogP contribution >= 0.6 is 0 Å². The number of carbonyl (C=O) groups excluding carboxylic acids is 1. The van der Waals surface area contributed by atoms with Crippen LogP contribution in [0.1, 0.15) is 12.5 Å². The summed E-state index contributed by atoms with van der Waals surface area (Å²) in [5, 5.41) is 3.27. The molecule has 2 heteroatoms. The Labute approximate surface area is 90.7 Å². The molecule has 2 nitrogen and oxygen atoms in total. The number of hydrogen-bond donors (Lipinski definition) is 1. The van der Waals surface area contributed by atoms with E-state index in [-0.39, 0.29) is 5.92 Å². The van der Waals surface area contributed by atoms with Crippen LogP contribution in [0.3, 0.4) is 0 Å². The van der Waals surface area contributed by atoms with Crippen LogP contribution in [0.5, 0.6) is 0 Å². The number of hydrogen-bond acceptors (Lipinski definition) is 2. The predicted octanol–water partition coefficient (Wildman–Crippen LogP) is 1.65. The smallest absolute Gasteiger partial charge is 0.141 e. The molecule has 1 aromatic rings. The summed E-state index contributed by atoms with van der Waals surface area (Å²) in [6.07, 6.45) is 0.581. The molecule has 0 aliphatic carbocycles. The molecule has 2 atom stereocenters. The van der Waals surface area contributed by atoms with Crippen molar-refractivity contribution in [2.24, 2.45) is 11.8 Å². The van der Waals surface area contributed by atoms with Gasteiger partial charge in [-0.1, -0.05) is 37.3 Å². The Morgan fingerprint density at radius 1 is 1.33 bits per heavy atom. The van der Waals surface area contributed by atoms with Crippen LogP contribution in [0.25, 0.3) is 0 Å². The van der Waals surface area contributed by atoms with Gasteiger partial charge in [-0.25, -0.2) is 0 Å². The topological polar surface area (TPSA) is 29.1 Å². The van der Waals surface area contributed by atoms with Crippen molar-refractivity contribution in [2.75, 3.05) is 13.1 Å². The van der Waals surface area contributed by atoms with Crippen molar-refractivity contribution in [1.29, 1.82) is 0 Å². The van der Waals surface area contributed by atoms with E-state index >= 15 is 0 Å². The summed E-state index contributed by atoms with van der Waals surface area (Å²) in [7, 11) is 0. The highest BCUT2D eigenvalue weighted by atomic mass is 16.1. The van der Waals surface area contributed by atoms with Crippen LogP contribution in [0.4, 0.5) is 0 Å². The van der Waals surface area contributed by atoms with Gasteiger partial charge >= 0.3 is 0 Å². The van der Waals surface area contributed by atoms with Crippen LogP contribution < -0.4 is 5.32 Å². The zero-order valence-corrected chi connectivity index (χ0v) is 9.07. The van der Waals surface area contributed by atoms with E-state index in [0.29, 0.717) is 18.1 Å². The molecular weight excluding hydrogens is 186 g/mol. The molecule has 15 heavy (non-hydrogen) atoms. The van der Waals surface area contributed by atoms with Gasteiger partial charge in [0.15, 0.2) is 0 Å². The molecule has 1 aromatic carbocycles. The summed E-state index contributed by atoms with van der Waals surface area (Å²) >= 11 is 0. The average Bonchev–Trinajstić information content (AvgIpc) is 2.66. The Hall–Kier alpha value is -1.15. The first kappa shape index (κ1) is 10.4.